The molecule has 0 heterocycles. The molecule has 2 rings (SSSR count). The van der Waals surface area contributed by atoms with E-state index in [0.29, 0.717) is 11.3 Å². The molecule has 0 spiro atoms. The van der Waals surface area contributed by atoms with Crippen LogP contribution in [0.15, 0.2) is 30.3 Å². The topological polar surface area (TPSA) is 126 Å². The average Bonchev–Trinajstić information content (AvgIpc) is 2.71. The van der Waals surface area contributed by atoms with E-state index in [-0.39, 0.29) is 28.4 Å². The van der Waals surface area contributed by atoms with Crippen molar-refractivity contribution >= 4 is 23.3 Å². The van der Waals surface area contributed by atoms with E-state index in [2.05, 4.69) is 5.32 Å². The normalized spacial score (nSPS) is 10.1. The second-order valence-electron chi connectivity index (χ2n) is 5.76. The van der Waals surface area contributed by atoms with Gasteiger partial charge in [-0.25, -0.2) is 4.79 Å². The first kappa shape index (κ1) is 21.5. The minimum atomic E-state index is -0.812. The Morgan fingerprint density at radius 3 is 2.31 bits per heavy atom. The van der Waals surface area contributed by atoms with Gasteiger partial charge in [-0.15, -0.1) is 0 Å². The molecule has 0 saturated carbocycles. The highest BCUT2D eigenvalue weighted by atomic mass is 16.6. The van der Waals surface area contributed by atoms with Crippen molar-refractivity contribution < 1.29 is 33.5 Å². The standard InChI is InChI=1S/C19H20N2O8/c1-11-5-6-12(9-14(11)21(24)25)20-16(22)10-29-19(23)13-7-8-15(26-2)18(28-4)17(13)27-3/h5-9H,10H2,1-4H3,(H,20,22). The monoisotopic (exact) mass is 404 g/mol. The van der Waals surface area contributed by atoms with Gasteiger partial charge < -0.3 is 24.3 Å². The van der Waals surface area contributed by atoms with Gasteiger partial charge in [0.15, 0.2) is 18.1 Å². The summed E-state index contributed by atoms with van der Waals surface area (Å²) in [6, 6.07) is 7.17. The number of hydrogen-bond donors (Lipinski definition) is 1. The average molecular weight is 404 g/mol. The lowest BCUT2D eigenvalue weighted by molar-refractivity contribution is -0.385. The van der Waals surface area contributed by atoms with Crippen molar-refractivity contribution in [2.45, 2.75) is 6.92 Å². The second-order valence-corrected chi connectivity index (χ2v) is 5.76. The largest absolute Gasteiger partial charge is 0.493 e. The molecule has 10 heteroatoms. The summed E-state index contributed by atoms with van der Waals surface area (Å²) in [5, 5.41) is 13.4. The van der Waals surface area contributed by atoms with Crippen molar-refractivity contribution in [2.24, 2.45) is 0 Å². The maximum Gasteiger partial charge on any atom is 0.342 e. The molecule has 0 aliphatic carbocycles. The summed E-state index contributed by atoms with van der Waals surface area (Å²) in [7, 11) is 4.18. The maximum absolute atomic E-state index is 12.4. The van der Waals surface area contributed by atoms with Crippen LogP contribution in [-0.4, -0.2) is 44.7 Å². The first-order valence-corrected chi connectivity index (χ1v) is 8.33. The number of esters is 1. The van der Waals surface area contributed by atoms with Gasteiger partial charge >= 0.3 is 5.97 Å². The number of nitro groups is 1. The molecule has 2 aromatic rings. The zero-order valence-electron chi connectivity index (χ0n) is 16.3. The van der Waals surface area contributed by atoms with Crippen LogP contribution in [-0.2, 0) is 9.53 Å². The third kappa shape index (κ3) is 4.92. The number of carbonyl (C=O) groups excluding carboxylic acids is 2. The second kappa shape index (κ2) is 9.40. The van der Waals surface area contributed by atoms with Gasteiger partial charge in [0.25, 0.3) is 11.6 Å². The molecule has 0 radical (unpaired) electrons. The number of nitrogens with zero attached hydrogens (tertiary/aromatic N) is 1. The molecule has 29 heavy (non-hydrogen) atoms. The smallest absolute Gasteiger partial charge is 0.342 e. The Hall–Kier alpha value is -3.82. The van der Waals surface area contributed by atoms with Gasteiger partial charge in [-0.2, -0.15) is 0 Å². The van der Waals surface area contributed by atoms with Crippen LogP contribution in [0.1, 0.15) is 15.9 Å². The molecule has 0 atom stereocenters. The first-order valence-electron chi connectivity index (χ1n) is 8.33. The summed E-state index contributed by atoms with van der Waals surface area (Å²) < 4.78 is 20.6. The lowest BCUT2D eigenvalue weighted by Crippen LogP contribution is -2.21. The van der Waals surface area contributed by atoms with Gasteiger partial charge in [-0.1, -0.05) is 6.07 Å². The summed E-state index contributed by atoms with van der Waals surface area (Å²) >= 11 is 0. The van der Waals surface area contributed by atoms with E-state index in [9.17, 15) is 19.7 Å². The van der Waals surface area contributed by atoms with Crippen molar-refractivity contribution in [3.8, 4) is 17.2 Å². The SMILES string of the molecule is COc1ccc(C(=O)OCC(=O)Nc2ccc(C)c([N+](=O)[O-])c2)c(OC)c1OC. The van der Waals surface area contributed by atoms with E-state index in [4.69, 9.17) is 18.9 Å². The Morgan fingerprint density at radius 1 is 1.03 bits per heavy atom. The minimum absolute atomic E-state index is 0.0453. The molecule has 10 nitrogen and oxygen atoms in total. The van der Waals surface area contributed by atoms with Crippen LogP contribution in [0.5, 0.6) is 17.2 Å². The summed E-state index contributed by atoms with van der Waals surface area (Å²) in [5.74, 6) is -0.796. The van der Waals surface area contributed by atoms with Crippen LogP contribution >= 0.6 is 0 Å². The number of nitrogens with one attached hydrogen (secondary N) is 1. The number of hydrogen-bond acceptors (Lipinski definition) is 8. The number of benzene rings is 2. The van der Waals surface area contributed by atoms with Crippen LogP contribution in [0, 0.1) is 17.0 Å². The molecule has 0 saturated heterocycles. The molecular formula is C19H20N2O8. The maximum atomic E-state index is 12.4. The number of rotatable bonds is 8. The Balaban J connectivity index is 2.09. The molecule has 0 unspecified atom stereocenters. The number of anilines is 1. The van der Waals surface area contributed by atoms with Crippen molar-refractivity contribution in [1.29, 1.82) is 0 Å². The number of aryl methyl sites for hydroxylation is 1. The lowest BCUT2D eigenvalue weighted by atomic mass is 10.1. The molecule has 0 bridgehead atoms. The van der Waals surface area contributed by atoms with Crippen molar-refractivity contribution in [3.63, 3.8) is 0 Å². The zero-order chi connectivity index (χ0) is 21.6. The van der Waals surface area contributed by atoms with Crippen LogP contribution < -0.4 is 19.5 Å². The Morgan fingerprint density at radius 2 is 1.72 bits per heavy atom. The number of nitro benzene ring substituents is 1. The van der Waals surface area contributed by atoms with Crippen LogP contribution in [0.2, 0.25) is 0 Å². The predicted molar refractivity (Wildman–Crippen MR) is 103 cm³/mol. The Bertz CT molecular complexity index is 942. The van der Waals surface area contributed by atoms with E-state index in [1.54, 1.807) is 6.92 Å². The number of methoxy groups -OCH3 is 3. The third-order valence-corrected chi connectivity index (χ3v) is 3.95. The summed E-state index contributed by atoms with van der Waals surface area (Å²) in [4.78, 5) is 34.9. The third-order valence-electron chi connectivity index (χ3n) is 3.95. The van der Waals surface area contributed by atoms with Crippen LogP contribution in [0.25, 0.3) is 0 Å². The molecule has 1 N–H and O–H groups in total. The number of carbonyl (C=O) groups is 2. The van der Waals surface area contributed by atoms with Gasteiger partial charge in [-0.05, 0) is 25.1 Å². The van der Waals surface area contributed by atoms with Crippen LogP contribution in [0.4, 0.5) is 11.4 Å². The molecule has 154 valence electrons. The predicted octanol–water partition coefficient (Wildman–Crippen LogP) is 2.72. The fourth-order valence-corrected chi connectivity index (χ4v) is 2.55. The van der Waals surface area contributed by atoms with Gasteiger partial charge in [0, 0.05) is 17.3 Å². The summed E-state index contributed by atoms with van der Waals surface area (Å²) in [6.45, 7) is 0.986. The number of amides is 1. The van der Waals surface area contributed by atoms with Crippen molar-refractivity contribution in [1.82, 2.24) is 0 Å². The van der Waals surface area contributed by atoms with Gasteiger partial charge in [0.1, 0.15) is 5.56 Å². The molecule has 0 aromatic heterocycles. The Labute approximate surface area is 166 Å². The lowest BCUT2D eigenvalue weighted by Gasteiger charge is -2.15. The van der Waals surface area contributed by atoms with Crippen molar-refractivity contribution in [3.05, 3.63) is 51.6 Å². The van der Waals surface area contributed by atoms with E-state index in [1.165, 1.54) is 51.7 Å². The van der Waals surface area contributed by atoms with E-state index in [0.717, 1.165) is 0 Å². The quantitative estimate of drug-likeness (QED) is 0.404. The molecule has 2 aromatic carbocycles. The number of ether oxygens (including phenoxy) is 4. The highest BCUT2D eigenvalue weighted by Crippen LogP contribution is 2.39. The van der Waals surface area contributed by atoms with Gasteiger partial charge in [0.2, 0.25) is 5.75 Å². The first-order chi connectivity index (χ1) is 13.8. The molecular weight excluding hydrogens is 384 g/mol. The van der Waals surface area contributed by atoms with E-state index in [1.807, 2.05) is 0 Å². The minimum Gasteiger partial charge on any atom is -0.493 e. The molecule has 0 aliphatic rings. The fraction of sp³-hybridized carbons (Fsp3) is 0.263. The van der Waals surface area contributed by atoms with E-state index < -0.39 is 23.4 Å². The van der Waals surface area contributed by atoms with Gasteiger partial charge in [-0.3, -0.25) is 14.9 Å². The summed E-state index contributed by atoms with van der Waals surface area (Å²) in [5.41, 5.74) is 0.589. The van der Waals surface area contributed by atoms with Crippen LogP contribution in [0.3, 0.4) is 0 Å². The van der Waals surface area contributed by atoms with Crippen molar-refractivity contribution in [2.75, 3.05) is 33.3 Å². The molecule has 0 aliphatic heterocycles. The fourth-order valence-electron chi connectivity index (χ4n) is 2.55. The zero-order valence-corrected chi connectivity index (χ0v) is 16.3. The highest BCUT2D eigenvalue weighted by molar-refractivity contribution is 5.97. The molecule has 1 amide bonds. The Kier molecular flexibility index (Phi) is 6.96. The van der Waals surface area contributed by atoms with E-state index >= 15 is 0 Å². The van der Waals surface area contributed by atoms with Gasteiger partial charge in [0.05, 0.1) is 26.3 Å². The molecule has 0 fully saturated rings. The highest BCUT2D eigenvalue weighted by Gasteiger charge is 2.22. The summed E-state index contributed by atoms with van der Waals surface area (Å²) in [6.07, 6.45) is 0.